The maximum absolute atomic E-state index is 13.2. The van der Waals surface area contributed by atoms with Gasteiger partial charge in [-0.25, -0.2) is 4.90 Å². The minimum absolute atomic E-state index is 0.146. The number of benzene rings is 3. The van der Waals surface area contributed by atoms with Gasteiger partial charge < -0.3 is 0 Å². The highest BCUT2D eigenvalue weighted by Gasteiger charge is 2.42. The summed E-state index contributed by atoms with van der Waals surface area (Å²) in [6.07, 6.45) is 0.202. The number of rotatable bonds is 6. The average molecular weight is 370 g/mol. The number of anilines is 1. The van der Waals surface area contributed by atoms with Crippen molar-refractivity contribution < 1.29 is 9.59 Å². The molecule has 1 unspecified atom stereocenters. The number of hydrogen-bond donors (Lipinski definition) is 0. The van der Waals surface area contributed by atoms with Crippen LogP contribution in [-0.4, -0.2) is 22.8 Å². The Morgan fingerprint density at radius 2 is 1.18 bits per heavy atom. The predicted molar refractivity (Wildman–Crippen MR) is 109 cm³/mol. The first-order chi connectivity index (χ1) is 13.7. The van der Waals surface area contributed by atoms with Gasteiger partial charge in [-0.1, -0.05) is 78.9 Å². The van der Waals surface area contributed by atoms with Gasteiger partial charge in [0.15, 0.2) is 0 Å². The molecule has 1 atom stereocenters. The minimum atomic E-state index is -0.465. The molecule has 28 heavy (non-hydrogen) atoms. The van der Waals surface area contributed by atoms with Crippen LogP contribution in [0.5, 0.6) is 0 Å². The van der Waals surface area contributed by atoms with Crippen molar-refractivity contribution in [3.8, 4) is 0 Å². The van der Waals surface area contributed by atoms with Crippen LogP contribution in [0.2, 0.25) is 0 Å². The fourth-order valence-electron chi connectivity index (χ4n) is 3.66. The van der Waals surface area contributed by atoms with Crippen LogP contribution in [0.25, 0.3) is 0 Å². The molecule has 3 aromatic carbocycles. The molecule has 1 fully saturated rings. The van der Waals surface area contributed by atoms with Crippen molar-refractivity contribution in [3.05, 3.63) is 102 Å². The van der Waals surface area contributed by atoms with E-state index in [0.717, 1.165) is 11.1 Å². The van der Waals surface area contributed by atoms with Crippen molar-refractivity contribution in [2.24, 2.45) is 0 Å². The van der Waals surface area contributed by atoms with E-state index in [4.69, 9.17) is 0 Å². The van der Waals surface area contributed by atoms with Gasteiger partial charge in [-0.2, -0.15) is 0 Å². The van der Waals surface area contributed by atoms with Crippen LogP contribution in [0.15, 0.2) is 91.0 Å². The molecule has 0 spiro atoms. The largest absolute Gasteiger partial charge is 0.283 e. The fraction of sp³-hybridized carbons (Fsp3) is 0.167. The van der Waals surface area contributed by atoms with Gasteiger partial charge in [-0.3, -0.25) is 14.5 Å². The molecule has 1 heterocycles. The molecule has 4 heteroatoms. The number of amides is 2. The summed E-state index contributed by atoms with van der Waals surface area (Å²) < 4.78 is 0. The maximum atomic E-state index is 13.2. The zero-order chi connectivity index (χ0) is 19.3. The van der Waals surface area contributed by atoms with Crippen molar-refractivity contribution >= 4 is 17.5 Å². The Kier molecular flexibility index (Phi) is 5.31. The Bertz CT molecular complexity index is 901. The minimum Gasteiger partial charge on any atom is -0.283 e. The Balaban J connectivity index is 1.62. The van der Waals surface area contributed by atoms with Gasteiger partial charge in [0, 0.05) is 13.1 Å². The quantitative estimate of drug-likeness (QED) is 0.616. The molecule has 140 valence electrons. The number of carbonyl (C=O) groups excluding carboxylic acids is 2. The summed E-state index contributed by atoms with van der Waals surface area (Å²) in [6.45, 7) is 1.23. The standard InChI is InChI=1S/C24H22N2O2/c27-23-16-22(24(28)26(23)21-14-8-3-9-15-21)25(17-19-10-4-1-5-11-19)18-20-12-6-2-7-13-20/h1-15,22H,16-18H2. The molecule has 0 saturated carbocycles. The Labute approximate surface area is 165 Å². The van der Waals surface area contributed by atoms with Gasteiger partial charge in [0.05, 0.1) is 18.2 Å². The van der Waals surface area contributed by atoms with Crippen LogP contribution < -0.4 is 4.90 Å². The van der Waals surface area contributed by atoms with Crippen LogP contribution in [0.3, 0.4) is 0 Å². The van der Waals surface area contributed by atoms with Gasteiger partial charge in [-0.05, 0) is 23.3 Å². The van der Waals surface area contributed by atoms with E-state index >= 15 is 0 Å². The van der Waals surface area contributed by atoms with E-state index in [2.05, 4.69) is 4.90 Å². The smallest absolute Gasteiger partial charge is 0.251 e. The van der Waals surface area contributed by atoms with Gasteiger partial charge in [-0.15, -0.1) is 0 Å². The molecule has 1 aliphatic heterocycles. The summed E-state index contributed by atoms with van der Waals surface area (Å²) in [4.78, 5) is 29.3. The third-order valence-electron chi connectivity index (χ3n) is 5.03. The SMILES string of the molecule is O=C1CC(N(Cc2ccccc2)Cc2ccccc2)C(=O)N1c1ccccc1. The molecule has 4 rings (SSSR count). The summed E-state index contributed by atoms with van der Waals surface area (Å²) in [5.41, 5.74) is 2.88. The summed E-state index contributed by atoms with van der Waals surface area (Å²) >= 11 is 0. The number of hydrogen-bond acceptors (Lipinski definition) is 3. The summed E-state index contributed by atoms with van der Waals surface area (Å²) in [7, 11) is 0. The monoisotopic (exact) mass is 370 g/mol. The molecule has 0 bridgehead atoms. The number of imide groups is 1. The zero-order valence-corrected chi connectivity index (χ0v) is 15.6. The van der Waals surface area contributed by atoms with Crippen LogP contribution in [0.4, 0.5) is 5.69 Å². The lowest BCUT2D eigenvalue weighted by molar-refractivity contribution is -0.123. The molecule has 2 amide bonds. The van der Waals surface area contributed by atoms with E-state index in [1.165, 1.54) is 4.90 Å². The first kappa shape index (κ1) is 18.1. The third kappa shape index (κ3) is 3.87. The molecular weight excluding hydrogens is 348 g/mol. The van der Waals surface area contributed by atoms with E-state index < -0.39 is 6.04 Å². The molecule has 0 aromatic heterocycles. The number of para-hydroxylation sites is 1. The summed E-state index contributed by atoms with van der Waals surface area (Å²) in [6, 6.07) is 28.8. The second-order valence-electron chi connectivity index (χ2n) is 7.00. The van der Waals surface area contributed by atoms with Crippen LogP contribution in [0.1, 0.15) is 17.5 Å². The van der Waals surface area contributed by atoms with Gasteiger partial charge in [0.1, 0.15) is 0 Å². The van der Waals surface area contributed by atoms with Crippen molar-refractivity contribution in [3.63, 3.8) is 0 Å². The molecule has 0 N–H and O–H groups in total. The number of carbonyl (C=O) groups is 2. The lowest BCUT2D eigenvalue weighted by Crippen LogP contribution is -2.41. The molecule has 0 aliphatic carbocycles. The first-order valence-corrected chi connectivity index (χ1v) is 9.46. The van der Waals surface area contributed by atoms with Crippen molar-refractivity contribution in [1.29, 1.82) is 0 Å². The van der Waals surface area contributed by atoms with E-state index in [-0.39, 0.29) is 18.2 Å². The van der Waals surface area contributed by atoms with E-state index in [1.807, 2.05) is 78.9 Å². The molecule has 0 radical (unpaired) electrons. The number of nitrogens with zero attached hydrogens (tertiary/aromatic N) is 2. The molecular formula is C24H22N2O2. The molecule has 1 saturated heterocycles. The van der Waals surface area contributed by atoms with Crippen LogP contribution in [0, 0.1) is 0 Å². The average Bonchev–Trinajstić information content (AvgIpc) is 3.04. The Hall–Kier alpha value is -3.24. The third-order valence-corrected chi connectivity index (χ3v) is 5.03. The lowest BCUT2D eigenvalue weighted by Gasteiger charge is -2.27. The van der Waals surface area contributed by atoms with E-state index in [1.54, 1.807) is 12.1 Å². The Morgan fingerprint density at radius 1 is 0.714 bits per heavy atom. The molecule has 3 aromatic rings. The van der Waals surface area contributed by atoms with Crippen molar-refractivity contribution in [2.75, 3.05) is 4.90 Å². The normalized spacial score (nSPS) is 16.8. The first-order valence-electron chi connectivity index (χ1n) is 9.46. The van der Waals surface area contributed by atoms with Gasteiger partial charge in [0.2, 0.25) is 5.91 Å². The fourth-order valence-corrected chi connectivity index (χ4v) is 3.66. The molecule has 1 aliphatic rings. The van der Waals surface area contributed by atoms with E-state index in [9.17, 15) is 9.59 Å². The maximum Gasteiger partial charge on any atom is 0.251 e. The zero-order valence-electron chi connectivity index (χ0n) is 15.6. The van der Waals surface area contributed by atoms with Gasteiger partial charge >= 0.3 is 0 Å². The van der Waals surface area contributed by atoms with E-state index in [0.29, 0.717) is 18.8 Å². The summed E-state index contributed by atoms with van der Waals surface area (Å²) in [5, 5.41) is 0. The second-order valence-corrected chi connectivity index (χ2v) is 7.00. The second kappa shape index (κ2) is 8.19. The molecule has 4 nitrogen and oxygen atoms in total. The van der Waals surface area contributed by atoms with Crippen molar-refractivity contribution in [2.45, 2.75) is 25.6 Å². The lowest BCUT2D eigenvalue weighted by atomic mass is 10.1. The van der Waals surface area contributed by atoms with Crippen LogP contribution in [-0.2, 0) is 22.7 Å². The summed E-state index contributed by atoms with van der Waals surface area (Å²) in [5.74, 6) is -0.296. The Morgan fingerprint density at radius 3 is 1.68 bits per heavy atom. The highest BCUT2D eigenvalue weighted by atomic mass is 16.2. The predicted octanol–water partition coefficient (Wildman–Crippen LogP) is 4.02. The van der Waals surface area contributed by atoms with Crippen LogP contribution >= 0.6 is 0 Å². The van der Waals surface area contributed by atoms with Crippen molar-refractivity contribution in [1.82, 2.24) is 4.90 Å². The highest BCUT2D eigenvalue weighted by molar-refractivity contribution is 6.22. The highest BCUT2D eigenvalue weighted by Crippen LogP contribution is 2.27. The van der Waals surface area contributed by atoms with Gasteiger partial charge in [0.25, 0.3) is 5.91 Å². The topological polar surface area (TPSA) is 40.6 Å².